The Morgan fingerprint density at radius 3 is 2.50 bits per heavy atom. The molecule has 5 aliphatic carbocycles. The molecule has 0 radical (unpaired) electrons. The summed E-state index contributed by atoms with van der Waals surface area (Å²) in [4.78, 5) is 14.5. The van der Waals surface area contributed by atoms with E-state index < -0.39 is 11.4 Å². The Hall–Kier alpha value is -1.72. The van der Waals surface area contributed by atoms with Gasteiger partial charge in [0.2, 0.25) is 0 Å². The van der Waals surface area contributed by atoms with Gasteiger partial charge in [0.25, 0.3) is 5.79 Å². The number of ether oxygens (including phenoxy) is 2. The molecular formula is C29H34O4S. The molecule has 0 amide bonds. The molecule has 5 heteroatoms. The Bertz CT molecular complexity index is 1080. The van der Waals surface area contributed by atoms with E-state index in [2.05, 4.69) is 31.2 Å². The Morgan fingerprint density at radius 2 is 1.76 bits per heavy atom. The van der Waals surface area contributed by atoms with Gasteiger partial charge in [0.1, 0.15) is 18.3 Å². The quantitative estimate of drug-likeness (QED) is 0.521. The van der Waals surface area contributed by atoms with Crippen LogP contribution in [0.3, 0.4) is 0 Å². The van der Waals surface area contributed by atoms with Crippen LogP contribution in [-0.2, 0) is 14.3 Å². The fourth-order valence-corrected chi connectivity index (χ4v) is 9.08. The van der Waals surface area contributed by atoms with Gasteiger partial charge in [-0.05, 0) is 80.1 Å². The molecule has 1 aromatic carbocycles. The van der Waals surface area contributed by atoms with E-state index in [-0.39, 0.29) is 11.3 Å². The minimum Gasteiger partial charge on any atom is -0.457 e. The molecule has 5 atom stereocenters. The van der Waals surface area contributed by atoms with E-state index in [0.717, 1.165) is 43.8 Å². The van der Waals surface area contributed by atoms with Gasteiger partial charge >= 0.3 is 0 Å². The van der Waals surface area contributed by atoms with E-state index in [1.54, 1.807) is 12.5 Å². The average molecular weight is 479 g/mol. The highest BCUT2D eigenvalue weighted by atomic mass is 32.2. The molecule has 1 aromatic rings. The summed E-state index contributed by atoms with van der Waals surface area (Å²) >= 11 is 1.99. The molecule has 1 unspecified atom stereocenters. The fourth-order valence-electron chi connectivity index (χ4n) is 8.03. The number of allylic oxidation sites excluding steroid dienone is 1. The van der Waals surface area contributed by atoms with Crippen LogP contribution in [-0.4, -0.2) is 27.5 Å². The fraction of sp³-hybridized carbons (Fsp3) is 0.621. The van der Waals surface area contributed by atoms with E-state index in [1.807, 2.05) is 11.8 Å². The van der Waals surface area contributed by atoms with Gasteiger partial charge in [-0.15, -0.1) is 11.8 Å². The van der Waals surface area contributed by atoms with Crippen LogP contribution < -0.4 is 0 Å². The first-order chi connectivity index (χ1) is 16.4. The molecule has 4 nitrogen and oxygen atoms in total. The molecule has 1 aliphatic heterocycles. The first kappa shape index (κ1) is 21.6. The van der Waals surface area contributed by atoms with Gasteiger partial charge in [-0.25, -0.2) is 0 Å². The van der Waals surface area contributed by atoms with Crippen LogP contribution in [0, 0.1) is 17.3 Å². The van der Waals surface area contributed by atoms with Gasteiger partial charge in [0.05, 0.1) is 12.0 Å². The molecule has 4 fully saturated rings. The largest absolute Gasteiger partial charge is 0.457 e. The SMILES string of the molecule is C[C@]12CC(c3ccc(SC4CC4)cc3)C3=C4CCC5(C[C@]4(O)CC[C@H]3[C@@H]1CCC2=O)OC=CO5. The predicted molar refractivity (Wildman–Crippen MR) is 131 cm³/mol. The summed E-state index contributed by atoms with van der Waals surface area (Å²) in [7, 11) is 0. The normalized spacial score (nSPS) is 39.9. The van der Waals surface area contributed by atoms with Crippen molar-refractivity contribution < 1.29 is 19.4 Å². The monoisotopic (exact) mass is 478 g/mol. The lowest BCUT2D eigenvalue weighted by molar-refractivity contribution is -0.196. The van der Waals surface area contributed by atoms with Crippen molar-refractivity contribution in [3.05, 3.63) is 53.5 Å². The van der Waals surface area contributed by atoms with Crippen LogP contribution in [0.15, 0.2) is 52.8 Å². The molecule has 4 saturated carbocycles. The van der Waals surface area contributed by atoms with Crippen molar-refractivity contribution in [1.82, 2.24) is 0 Å². The lowest BCUT2D eigenvalue weighted by atomic mass is 9.51. The summed E-state index contributed by atoms with van der Waals surface area (Å²) in [5, 5.41) is 12.8. The summed E-state index contributed by atoms with van der Waals surface area (Å²) in [5.41, 5.74) is 2.87. The topological polar surface area (TPSA) is 55.8 Å². The van der Waals surface area contributed by atoms with Crippen molar-refractivity contribution in [2.45, 2.75) is 98.6 Å². The molecule has 1 spiro atoms. The zero-order valence-corrected chi connectivity index (χ0v) is 20.7. The molecule has 0 bridgehead atoms. The molecule has 1 heterocycles. The lowest BCUT2D eigenvalue weighted by Crippen LogP contribution is -2.53. The molecular weight excluding hydrogens is 444 g/mol. The summed E-state index contributed by atoms with van der Waals surface area (Å²) in [6, 6.07) is 9.16. The van der Waals surface area contributed by atoms with Gasteiger partial charge in [0.15, 0.2) is 0 Å². The van der Waals surface area contributed by atoms with Gasteiger partial charge in [-0.1, -0.05) is 24.6 Å². The van der Waals surface area contributed by atoms with E-state index in [9.17, 15) is 9.90 Å². The zero-order valence-electron chi connectivity index (χ0n) is 19.9. The minimum atomic E-state index is -0.882. The van der Waals surface area contributed by atoms with E-state index in [1.165, 1.54) is 34.4 Å². The van der Waals surface area contributed by atoms with Crippen molar-refractivity contribution >= 4 is 17.5 Å². The average Bonchev–Trinajstić information content (AvgIpc) is 3.45. The minimum absolute atomic E-state index is 0.202. The number of benzene rings is 1. The van der Waals surface area contributed by atoms with Crippen LogP contribution in [0.25, 0.3) is 0 Å². The number of fused-ring (bicyclic) bond motifs is 4. The Labute approximate surface area is 206 Å². The Kier molecular flexibility index (Phi) is 4.69. The number of aliphatic hydroxyl groups is 1. The molecule has 34 heavy (non-hydrogen) atoms. The van der Waals surface area contributed by atoms with E-state index in [4.69, 9.17) is 9.47 Å². The third-order valence-corrected chi connectivity index (χ3v) is 11.2. The Balaban J connectivity index is 1.31. The predicted octanol–water partition coefficient (Wildman–Crippen LogP) is 6.25. The molecule has 0 aromatic heterocycles. The van der Waals surface area contributed by atoms with E-state index >= 15 is 0 Å². The second-order valence-electron chi connectivity index (χ2n) is 11.8. The number of carbonyl (C=O) groups is 1. The smallest absolute Gasteiger partial charge is 0.253 e. The number of hydrogen-bond acceptors (Lipinski definition) is 5. The number of carbonyl (C=O) groups excluding carboxylic acids is 1. The van der Waals surface area contributed by atoms with Crippen molar-refractivity contribution in [2.24, 2.45) is 17.3 Å². The van der Waals surface area contributed by atoms with Crippen LogP contribution in [0.4, 0.5) is 0 Å². The summed E-state index contributed by atoms with van der Waals surface area (Å²) < 4.78 is 11.7. The van der Waals surface area contributed by atoms with Crippen molar-refractivity contribution in [3.63, 3.8) is 0 Å². The first-order valence-electron chi connectivity index (χ1n) is 13.2. The molecule has 6 aliphatic rings. The highest BCUT2D eigenvalue weighted by Crippen LogP contribution is 2.64. The number of ketones is 1. The standard InChI is InChI=1S/C29H34O4S/c1-27-16-22(18-2-4-19(5-3-18)34-20-6-7-20)26-21(23(27)8-9-25(27)30)10-12-28(31)17-29(13-11-24(26)28)32-14-15-33-29/h2-5,14-15,20-23,31H,6-13,16-17H2,1H3/t21-,22?,23-,27-,28+/m0/s1. The van der Waals surface area contributed by atoms with Gasteiger partial charge in [-0.3, -0.25) is 4.79 Å². The van der Waals surface area contributed by atoms with Crippen molar-refractivity contribution in [3.8, 4) is 0 Å². The van der Waals surface area contributed by atoms with Crippen molar-refractivity contribution in [2.75, 3.05) is 0 Å². The van der Waals surface area contributed by atoms with Crippen molar-refractivity contribution in [1.29, 1.82) is 0 Å². The van der Waals surface area contributed by atoms with Gasteiger partial charge < -0.3 is 14.6 Å². The number of hydrogen-bond donors (Lipinski definition) is 1. The van der Waals surface area contributed by atoms with Crippen LogP contribution in [0.2, 0.25) is 0 Å². The zero-order chi connectivity index (χ0) is 23.1. The van der Waals surface area contributed by atoms with Gasteiger partial charge in [-0.2, -0.15) is 0 Å². The maximum absolute atomic E-state index is 13.2. The lowest BCUT2D eigenvalue weighted by Gasteiger charge is -2.55. The number of rotatable bonds is 3. The first-order valence-corrected chi connectivity index (χ1v) is 14.0. The number of Topliss-reactive ketones (excluding diaryl/α,β-unsaturated/α-hetero) is 1. The second-order valence-corrected chi connectivity index (χ2v) is 13.2. The summed E-state index contributed by atoms with van der Waals surface area (Å²) in [6.45, 7) is 2.24. The number of thioether (sulfide) groups is 1. The second kappa shape index (κ2) is 7.39. The maximum Gasteiger partial charge on any atom is 0.253 e. The molecule has 0 saturated heterocycles. The molecule has 1 N–H and O–H groups in total. The molecule has 7 rings (SSSR count). The summed E-state index contributed by atoms with van der Waals surface area (Å²) in [6.07, 6.45) is 12.2. The highest BCUT2D eigenvalue weighted by molar-refractivity contribution is 8.00. The Morgan fingerprint density at radius 1 is 1.00 bits per heavy atom. The summed E-state index contributed by atoms with van der Waals surface area (Å²) in [5.74, 6) is 0.741. The van der Waals surface area contributed by atoms with Gasteiger partial charge in [0, 0.05) is 34.3 Å². The maximum atomic E-state index is 13.2. The third kappa shape index (κ3) is 3.19. The van der Waals surface area contributed by atoms with E-state index in [0.29, 0.717) is 30.5 Å². The van der Waals surface area contributed by atoms with Crippen LogP contribution in [0.1, 0.15) is 82.6 Å². The van der Waals surface area contributed by atoms with Crippen LogP contribution >= 0.6 is 11.8 Å². The molecule has 180 valence electrons. The third-order valence-electron chi connectivity index (χ3n) is 9.85. The highest BCUT2D eigenvalue weighted by Gasteiger charge is 2.60. The van der Waals surface area contributed by atoms with Crippen LogP contribution in [0.5, 0.6) is 0 Å².